The fourth-order valence-corrected chi connectivity index (χ4v) is 2.66. The first-order valence-electron chi connectivity index (χ1n) is 7.90. The summed E-state index contributed by atoms with van der Waals surface area (Å²) in [6.07, 6.45) is 0. The summed E-state index contributed by atoms with van der Waals surface area (Å²) in [7, 11) is 1.62. The lowest BCUT2D eigenvalue weighted by Crippen LogP contribution is -2.41. The molecule has 0 aliphatic carbocycles. The third-order valence-corrected chi connectivity index (χ3v) is 4.05. The van der Waals surface area contributed by atoms with Crippen molar-refractivity contribution in [1.29, 1.82) is 0 Å². The molecule has 3 rings (SSSR count). The molecule has 0 fully saturated rings. The van der Waals surface area contributed by atoms with Crippen LogP contribution in [0.3, 0.4) is 0 Å². The van der Waals surface area contributed by atoms with E-state index in [1.165, 1.54) is 9.80 Å². The number of anilines is 1. The number of para-hydroxylation sites is 1. The minimum Gasteiger partial charge on any atom is -0.459 e. The molecule has 0 aromatic heterocycles. The quantitative estimate of drug-likeness (QED) is 0.798. The molecule has 0 radical (unpaired) electrons. The van der Waals surface area contributed by atoms with Crippen LogP contribution in [-0.2, 0) is 20.9 Å². The molecule has 0 N–H and O–H groups in total. The molecule has 128 valence electrons. The molecular formula is C19H18N2O4. The van der Waals surface area contributed by atoms with E-state index in [4.69, 9.17) is 4.74 Å². The van der Waals surface area contributed by atoms with E-state index in [1.54, 1.807) is 31.3 Å². The molecule has 0 unspecified atom stereocenters. The Morgan fingerprint density at radius 2 is 1.72 bits per heavy atom. The molecule has 0 bridgehead atoms. The number of hydrogen-bond donors (Lipinski definition) is 0. The standard InChI is InChI=1S/C19H18N2O4/c1-20-16-10-6-5-9-15(16)19(24)21(11-17(20)22)12-18(23)25-13-14-7-3-2-4-8-14/h2-10H,11-13H2,1H3. The molecule has 2 aromatic rings. The maximum absolute atomic E-state index is 12.7. The van der Waals surface area contributed by atoms with Gasteiger partial charge in [0.05, 0.1) is 11.3 Å². The number of carbonyl (C=O) groups excluding carboxylic acids is 3. The van der Waals surface area contributed by atoms with Gasteiger partial charge >= 0.3 is 5.97 Å². The third kappa shape index (κ3) is 3.68. The Labute approximate surface area is 145 Å². The molecule has 0 atom stereocenters. The summed E-state index contributed by atoms with van der Waals surface area (Å²) in [4.78, 5) is 39.7. The number of nitrogens with zero attached hydrogens (tertiary/aromatic N) is 2. The van der Waals surface area contributed by atoms with Crippen molar-refractivity contribution in [3.05, 3.63) is 65.7 Å². The fourth-order valence-electron chi connectivity index (χ4n) is 2.66. The Morgan fingerprint density at radius 1 is 1.04 bits per heavy atom. The second-order valence-electron chi connectivity index (χ2n) is 5.78. The van der Waals surface area contributed by atoms with E-state index in [0.29, 0.717) is 11.3 Å². The molecule has 1 heterocycles. The highest BCUT2D eigenvalue weighted by Gasteiger charge is 2.30. The highest BCUT2D eigenvalue weighted by Crippen LogP contribution is 2.24. The summed E-state index contributed by atoms with van der Waals surface area (Å²) >= 11 is 0. The van der Waals surface area contributed by atoms with Gasteiger partial charge in [0.25, 0.3) is 5.91 Å². The van der Waals surface area contributed by atoms with Crippen LogP contribution in [0, 0.1) is 0 Å². The van der Waals surface area contributed by atoms with E-state index in [2.05, 4.69) is 0 Å². The lowest BCUT2D eigenvalue weighted by Gasteiger charge is -2.19. The van der Waals surface area contributed by atoms with Gasteiger partial charge in [-0.1, -0.05) is 42.5 Å². The van der Waals surface area contributed by atoms with Crippen molar-refractivity contribution in [2.45, 2.75) is 6.61 Å². The monoisotopic (exact) mass is 338 g/mol. The Bertz CT molecular complexity index is 804. The topological polar surface area (TPSA) is 66.9 Å². The predicted molar refractivity (Wildman–Crippen MR) is 92.0 cm³/mol. The SMILES string of the molecule is CN1C(=O)CN(CC(=O)OCc2ccccc2)C(=O)c2ccccc21. The van der Waals surface area contributed by atoms with E-state index in [9.17, 15) is 14.4 Å². The van der Waals surface area contributed by atoms with Gasteiger partial charge in [0, 0.05) is 7.05 Å². The van der Waals surface area contributed by atoms with Gasteiger partial charge in [0.15, 0.2) is 0 Å². The summed E-state index contributed by atoms with van der Waals surface area (Å²) in [6.45, 7) is -0.295. The maximum atomic E-state index is 12.7. The van der Waals surface area contributed by atoms with Gasteiger partial charge in [-0.05, 0) is 17.7 Å². The zero-order valence-electron chi connectivity index (χ0n) is 13.8. The van der Waals surface area contributed by atoms with E-state index in [0.717, 1.165) is 5.56 Å². The lowest BCUT2D eigenvalue weighted by atomic mass is 10.1. The smallest absolute Gasteiger partial charge is 0.326 e. The number of carbonyl (C=O) groups is 3. The Balaban J connectivity index is 1.71. The van der Waals surface area contributed by atoms with Crippen molar-refractivity contribution < 1.29 is 19.1 Å². The van der Waals surface area contributed by atoms with Crippen molar-refractivity contribution in [3.8, 4) is 0 Å². The van der Waals surface area contributed by atoms with Crippen LogP contribution in [0.4, 0.5) is 5.69 Å². The molecule has 0 saturated heterocycles. The fraction of sp³-hybridized carbons (Fsp3) is 0.211. The highest BCUT2D eigenvalue weighted by atomic mass is 16.5. The maximum Gasteiger partial charge on any atom is 0.326 e. The van der Waals surface area contributed by atoms with Crippen LogP contribution >= 0.6 is 0 Å². The van der Waals surface area contributed by atoms with Crippen LogP contribution in [0.2, 0.25) is 0 Å². The first-order valence-corrected chi connectivity index (χ1v) is 7.90. The molecular weight excluding hydrogens is 320 g/mol. The molecule has 0 spiro atoms. The van der Waals surface area contributed by atoms with Crippen LogP contribution in [0.25, 0.3) is 0 Å². The van der Waals surface area contributed by atoms with Crippen LogP contribution < -0.4 is 4.90 Å². The zero-order chi connectivity index (χ0) is 17.8. The molecule has 0 saturated carbocycles. The molecule has 1 aliphatic heterocycles. The summed E-state index contributed by atoms with van der Waals surface area (Å²) in [5.41, 5.74) is 1.79. The largest absolute Gasteiger partial charge is 0.459 e. The number of amides is 2. The first-order chi connectivity index (χ1) is 12.1. The molecule has 6 heteroatoms. The third-order valence-electron chi connectivity index (χ3n) is 4.05. The number of fused-ring (bicyclic) bond motifs is 1. The predicted octanol–water partition coefficient (Wildman–Crippen LogP) is 1.85. The second kappa shape index (κ2) is 7.17. The van der Waals surface area contributed by atoms with E-state index in [-0.39, 0.29) is 31.5 Å². The van der Waals surface area contributed by atoms with Crippen LogP contribution in [-0.4, -0.2) is 42.8 Å². The normalized spacial score (nSPS) is 14.1. The van der Waals surface area contributed by atoms with Crippen molar-refractivity contribution >= 4 is 23.5 Å². The minimum atomic E-state index is -0.549. The van der Waals surface area contributed by atoms with Crippen LogP contribution in [0.1, 0.15) is 15.9 Å². The Morgan fingerprint density at radius 3 is 2.48 bits per heavy atom. The number of rotatable bonds is 4. The summed E-state index contributed by atoms with van der Waals surface area (Å²) in [5.74, 6) is -1.16. The first kappa shape index (κ1) is 16.7. The summed E-state index contributed by atoms with van der Waals surface area (Å²) in [5, 5.41) is 0. The van der Waals surface area contributed by atoms with E-state index < -0.39 is 5.97 Å². The lowest BCUT2D eigenvalue weighted by molar-refractivity contribution is -0.145. The van der Waals surface area contributed by atoms with Gasteiger partial charge in [-0.2, -0.15) is 0 Å². The Hall–Kier alpha value is -3.15. The van der Waals surface area contributed by atoms with Gasteiger partial charge in [-0.3, -0.25) is 14.4 Å². The number of benzene rings is 2. The van der Waals surface area contributed by atoms with Crippen molar-refractivity contribution in [2.24, 2.45) is 0 Å². The van der Waals surface area contributed by atoms with Crippen molar-refractivity contribution in [2.75, 3.05) is 25.0 Å². The van der Waals surface area contributed by atoms with E-state index >= 15 is 0 Å². The van der Waals surface area contributed by atoms with Gasteiger partial charge < -0.3 is 14.5 Å². The average Bonchev–Trinajstić information content (AvgIpc) is 2.73. The minimum absolute atomic E-state index is 0.131. The van der Waals surface area contributed by atoms with Gasteiger partial charge in [0.2, 0.25) is 5.91 Å². The van der Waals surface area contributed by atoms with Gasteiger partial charge in [-0.25, -0.2) is 0 Å². The molecule has 2 amide bonds. The number of likely N-dealkylation sites (N-methyl/N-ethyl adjacent to an activating group) is 1. The van der Waals surface area contributed by atoms with E-state index in [1.807, 2.05) is 30.3 Å². The van der Waals surface area contributed by atoms with Gasteiger partial charge in [-0.15, -0.1) is 0 Å². The molecule has 2 aromatic carbocycles. The second-order valence-corrected chi connectivity index (χ2v) is 5.78. The van der Waals surface area contributed by atoms with Gasteiger partial charge in [0.1, 0.15) is 19.7 Å². The highest BCUT2D eigenvalue weighted by molar-refractivity contribution is 6.10. The number of hydrogen-bond acceptors (Lipinski definition) is 4. The molecule has 1 aliphatic rings. The average molecular weight is 338 g/mol. The van der Waals surface area contributed by atoms with Crippen LogP contribution in [0.5, 0.6) is 0 Å². The number of esters is 1. The van der Waals surface area contributed by atoms with Crippen LogP contribution in [0.15, 0.2) is 54.6 Å². The zero-order valence-corrected chi connectivity index (χ0v) is 13.8. The Kier molecular flexibility index (Phi) is 4.79. The van der Waals surface area contributed by atoms with Crippen molar-refractivity contribution in [1.82, 2.24) is 4.90 Å². The number of ether oxygens (including phenoxy) is 1. The summed E-state index contributed by atoms with van der Waals surface area (Å²) in [6, 6.07) is 16.1. The summed E-state index contributed by atoms with van der Waals surface area (Å²) < 4.78 is 5.21. The van der Waals surface area contributed by atoms with Crippen molar-refractivity contribution in [3.63, 3.8) is 0 Å². The molecule has 6 nitrogen and oxygen atoms in total. The molecule has 25 heavy (non-hydrogen) atoms.